The van der Waals surface area contributed by atoms with E-state index in [1.54, 1.807) is 12.4 Å². The monoisotopic (exact) mass is 322 g/mol. The van der Waals surface area contributed by atoms with E-state index in [1.807, 2.05) is 35.1 Å². The van der Waals surface area contributed by atoms with E-state index in [2.05, 4.69) is 31.8 Å². The topological polar surface area (TPSA) is 84.7 Å². The van der Waals surface area contributed by atoms with Gasteiger partial charge in [0.1, 0.15) is 0 Å². The van der Waals surface area contributed by atoms with Crippen LogP contribution in [-0.2, 0) is 17.9 Å². The van der Waals surface area contributed by atoms with Crippen LogP contribution in [-0.4, -0.2) is 32.2 Å². The number of nitrogens with one attached hydrogen (secondary N) is 2. The van der Waals surface area contributed by atoms with Gasteiger partial charge in [-0.25, -0.2) is 4.98 Å². The molecular weight excluding hydrogens is 304 g/mol. The lowest BCUT2D eigenvalue weighted by Gasteiger charge is -2.11. The van der Waals surface area contributed by atoms with Crippen LogP contribution in [0.15, 0.2) is 61.3 Å². The summed E-state index contributed by atoms with van der Waals surface area (Å²) in [7, 11) is 0. The van der Waals surface area contributed by atoms with Gasteiger partial charge in [-0.3, -0.25) is 14.5 Å². The number of carbonyl (C=O) groups is 1. The molecule has 0 radical (unpaired) electrons. The standard InChI is InChI=1S/C17H18N6O/c24-17(22-16-11-18-7-8-20-16)12-19-10-14-4-1-2-5-15(14)13-23-9-3-6-21-23/h1-9,11,19H,10,12-13H2,(H,20,22,24). The molecule has 0 aliphatic heterocycles. The number of amides is 1. The van der Waals surface area contributed by atoms with Gasteiger partial charge >= 0.3 is 0 Å². The molecule has 7 nitrogen and oxygen atoms in total. The van der Waals surface area contributed by atoms with Gasteiger partial charge in [0, 0.05) is 31.3 Å². The normalized spacial score (nSPS) is 10.5. The summed E-state index contributed by atoms with van der Waals surface area (Å²) < 4.78 is 1.87. The van der Waals surface area contributed by atoms with Gasteiger partial charge in [0.25, 0.3) is 0 Å². The van der Waals surface area contributed by atoms with E-state index in [-0.39, 0.29) is 12.5 Å². The zero-order valence-corrected chi connectivity index (χ0v) is 13.1. The highest BCUT2D eigenvalue weighted by atomic mass is 16.1. The zero-order valence-electron chi connectivity index (χ0n) is 13.1. The number of nitrogens with zero attached hydrogens (tertiary/aromatic N) is 4. The molecule has 122 valence electrons. The molecule has 0 unspecified atom stereocenters. The Morgan fingerprint density at radius 3 is 2.71 bits per heavy atom. The summed E-state index contributed by atoms with van der Waals surface area (Å²) in [5.41, 5.74) is 2.31. The van der Waals surface area contributed by atoms with Crippen LogP contribution in [0, 0.1) is 0 Å². The highest BCUT2D eigenvalue weighted by Gasteiger charge is 2.05. The fourth-order valence-electron chi connectivity index (χ4n) is 2.31. The molecule has 0 spiro atoms. The van der Waals surface area contributed by atoms with Crippen LogP contribution in [0.25, 0.3) is 0 Å². The van der Waals surface area contributed by atoms with Crippen molar-refractivity contribution in [3.63, 3.8) is 0 Å². The minimum atomic E-state index is -0.153. The summed E-state index contributed by atoms with van der Waals surface area (Å²) in [6.07, 6.45) is 8.30. The number of benzene rings is 1. The Morgan fingerprint density at radius 2 is 1.96 bits per heavy atom. The van der Waals surface area contributed by atoms with Crippen molar-refractivity contribution in [3.8, 4) is 0 Å². The van der Waals surface area contributed by atoms with Crippen molar-refractivity contribution in [2.75, 3.05) is 11.9 Å². The first-order chi connectivity index (χ1) is 11.8. The molecule has 3 aromatic rings. The van der Waals surface area contributed by atoms with Gasteiger partial charge in [0.2, 0.25) is 5.91 Å². The van der Waals surface area contributed by atoms with Gasteiger partial charge < -0.3 is 10.6 Å². The average molecular weight is 322 g/mol. The van der Waals surface area contributed by atoms with E-state index in [4.69, 9.17) is 0 Å². The van der Waals surface area contributed by atoms with Crippen LogP contribution in [0.5, 0.6) is 0 Å². The first-order valence-electron chi connectivity index (χ1n) is 7.62. The summed E-state index contributed by atoms with van der Waals surface area (Å²) >= 11 is 0. The number of anilines is 1. The van der Waals surface area contributed by atoms with Gasteiger partial charge in [-0.2, -0.15) is 5.10 Å². The van der Waals surface area contributed by atoms with Crippen LogP contribution in [0.2, 0.25) is 0 Å². The highest BCUT2D eigenvalue weighted by molar-refractivity contribution is 5.91. The van der Waals surface area contributed by atoms with E-state index in [1.165, 1.54) is 18.0 Å². The Labute approximate surface area is 139 Å². The average Bonchev–Trinajstić information content (AvgIpc) is 3.10. The van der Waals surface area contributed by atoms with Crippen molar-refractivity contribution >= 4 is 11.7 Å². The van der Waals surface area contributed by atoms with Crippen molar-refractivity contribution in [2.24, 2.45) is 0 Å². The van der Waals surface area contributed by atoms with Crippen LogP contribution in [0.4, 0.5) is 5.82 Å². The van der Waals surface area contributed by atoms with E-state index < -0.39 is 0 Å². The quantitative estimate of drug-likeness (QED) is 0.688. The largest absolute Gasteiger partial charge is 0.308 e. The molecular formula is C17H18N6O. The van der Waals surface area contributed by atoms with Crippen molar-refractivity contribution in [2.45, 2.75) is 13.1 Å². The Morgan fingerprint density at radius 1 is 1.08 bits per heavy atom. The molecule has 0 atom stereocenters. The molecule has 3 rings (SSSR count). The third-order valence-corrected chi connectivity index (χ3v) is 3.44. The first-order valence-corrected chi connectivity index (χ1v) is 7.62. The lowest BCUT2D eigenvalue weighted by Crippen LogP contribution is -2.28. The van der Waals surface area contributed by atoms with E-state index in [0.29, 0.717) is 18.9 Å². The Bertz CT molecular complexity index is 773. The van der Waals surface area contributed by atoms with Crippen LogP contribution >= 0.6 is 0 Å². The van der Waals surface area contributed by atoms with Crippen molar-refractivity contribution in [1.82, 2.24) is 25.1 Å². The van der Waals surface area contributed by atoms with Crippen molar-refractivity contribution < 1.29 is 4.79 Å². The molecule has 0 aliphatic carbocycles. The van der Waals surface area contributed by atoms with Gasteiger partial charge in [-0.05, 0) is 17.2 Å². The molecule has 2 N–H and O–H groups in total. The number of carbonyl (C=O) groups excluding carboxylic acids is 1. The van der Waals surface area contributed by atoms with Crippen molar-refractivity contribution in [1.29, 1.82) is 0 Å². The van der Waals surface area contributed by atoms with Crippen LogP contribution in [0.1, 0.15) is 11.1 Å². The maximum Gasteiger partial charge on any atom is 0.239 e. The molecule has 0 saturated heterocycles. The molecule has 2 aromatic heterocycles. The Balaban J connectivity index is 1.52. The van der Waals surface area contributed by atoms with Crippen LogP contribution in [0.3, 0.4) is 0 Å². The van der Waals surface area contributed by atoms with Gasteiger partial charge in [-0.15, -0.1) is 0 Å². The minimum absolute atomic E-state index is 0.153. The summed E-state index contributed by atoms with van der Waals surface area (Å²) in [5.74, 6) is 0.295. The molecule has 0 bridgehead atoms. The number of hydrogen-bond acceptors (Lipinski definition) is 5. The van der Waals surface area contributed by atoms with E-state index in [0.717, 1.165) is 5.56 Å². The predicted molar refractivity (Wildman–Crippen MR) is 90.1 cm³/mol. The van der Waals surface area contributed by atoms with Gasteiger partial charge in [-0.1, -0.05) is 24.3 Å². The smallest absolute Gasteiger partial charge is 0.239 e. The zero-order chi connectivity index (χ0) is 16.6. The van der Waals surface area contributed by atoms with Gasteiger partial charge in [0.05, 0.1) is 19.3 Å². The van der Waals surface area contributed by atoms with Gasteiger partial charge in [0.15, 0.2) is 5.82 Å². The second kappa shape index (κ2) is 7.98. The maximum atomic E-state index is 11.9. The molecule has 0 fully saturated rings. The third kappa shape index (κ3) is 4.47. The molecule has 1 amide bonds. The third-order valence-electron chi connectivity index (χ3n) is 3.44. The summed E-state index contributed by atoms with van der Waals surface area (Å²) in [5, 5.41) is 10.1. The summed E-state index contributed by atoms with van der Waals surface area (Å²) in [4.78, 5) is 19.8. The molecule has 1 aromatic carbocycles. The maximum absolute atomic E-state index is 11.9. The Hall–Kier alpha value is -3.06. The molecule has 2 heterocycles. The molecule has 24 heavy (non-hydrogen) atoms. The molecule has 0 aliphatic rings. The Kier molecular flexibility index (Phi) is 5.26. The highest BCUT2D eigenvalue weighted by Crippen LogP contribution is 2.10. The lowest BCUT2D eigenvalue weighted by molar-refractivity contribution is -0.115. The van der Waals surface area contributed by atoms with Crippen LogP contribution < -0.4 is 10.6 Å². The number of hydrogen-bond donors (Lipinski definition) is 2. The summed E-state index contributed by atoms with van der Waals surface area (Å²) in [6.45, 7) is 1.51. The summed E-state index contributed by atoms with van der Waals surface area (Å²) in [6, 6.07) is 10.0. The first kappa shape index (κ1) is 15.8. The SMILES string of the molecule is O=C(CNCc1ccccc1Cn1cccn1)Nc1cnccn1. The minimum Gasteiger partial charge on any atom is -0.308 e. The second-order valence-electron chi connectivity index (χ2n) is 5.21. The van der Waals surface area contributed by atoms with Crippen molar-refractivity contribution in [3.05, 3.63) is 72.4 Å². The number of rotatable bonds is 7. The molecule has 0 saturated carbocycles. The fourth-order valence-corrected chi connectivity index (χ4v) is 2.31. The van der Waals surface area contributed by atoms with E-state index >= 15 is 0 Å². The lowest BCUT2D eigenvalue weighted by atomic mass is 10.1. The number of aromatic nitrogens is 4. The second-order valence-corrected chi connectivity index (χ2v) is 5.21. The fraction of sp³-hybridized carbons (Fsp3) is 0.176. The molecule has 7 heteroatoms. The predicted octanol–water partition coefficient (Wildman–Crippen LogP) is 1.45. The van der Waals surface area contributed by atoms with E-state index in [9.17, 15) is 4.79 Å².